The molecule has 11 heteroatoms. The van der Waals surface area contributed by atoms with Gasteiger partial charge in [-0.25, -0.2) is 9.59 Å². The Morgan fingerprint density at radius 2 is 2.06 bits per heavy atom. The van der Waals surface area contributed by atoms with E-state index >= 15 is 0 Å². The van der Waals surface area contributed by atoms with Crippen LogP contribution in [0.25, 0.3) is 0 Å². The first kappa shape index (κ1) is 12.8. The van der Waals surface area contributed by atoms with E-state index in [1.165, 1.54) is 0 Å². The number of anilines is 1. The van der Waals surface area contributed by atoms with Crippen LogP contribution in [0, 0.1) is 0 Å². The number of aromatic nitrogens is 3. The summed E-state index contributed by atoms with van der Waals surface area (Å²) in [5, 5.41) is 27.9. The van der Waals surface area contributed by atoms with Crippen LogP contribution in [0.15, 0.2) is 0 Å². The number of rotatable bonds is 5. The highest BCUT2D eigenvalue weighted by Crippen LogP contribution is 2.04. The number of carboxylic acid groups (broad SMARTS) is 2. The maximum Gasteiger partial charge on any atom is 0.326 e. The number of aliphatic carboxylic acids is 2. The molecule has 1 aromatic rings. The van der Waals surface area contributed by atoms with Crippen LogP contribution in [0.3, 0.4) is 0 Å². The van der Waals surface area contributed by atoms with Gasteiger partial charge in [-0.1, -0.05) is 9.59 Å². The molecule has 0 radical (unpaired) electrons. The van der Waals surface area contributed by atoms with Gasteiger partial charge in [-0.05, 0) is 5.21 Å². The molecule has 0 aliphatic carbocycles. The number of hydrogen-bond donors (Lipinski definition) is 4. The Balaban J connectivity index is 2.52. The van der Waals surface area contributed by atoms with E-state index in [4.69, 9.17) is 10.2 Å². The van der Waals surface area contributed by atoms with Gasteiger partial charge in [0, 0.05) is 11.5 Å². The summed E-state index contributed by atoms with van der Waals surface area (Å²) in [7, 11) is 0. The van der Waals surface area contributed by atoms with Crippen LogP contribution in [0.5, 0.6) is 0 Å². The first-order valence-corrected chi connectivity index (χ1v) is 4.93. The summed E-state index contributed by atoms with van der Waals surface area (Å²) < 4.78 is 3.37. The molecule has 0 spiro atoms. The molecule has 0 saturated carbocycles. The van der Waals surface area contributed by atoms with Crippen molar-refractivity contribution >= 4 is 34.6 Å². The molecule has 0 aliphatic rings. The minimum atomic E-state index is -1.52. The van der Waals surface area contributed by atoms with Gasteiger partial charge >= 0.3 is 18.0 Å². The lowest BCUT2D eigenvalue weighted by atomic mass is 10.2. The highest BCUT2D eigenvalue weighted by Gasteiger charge is 2.23. The third-order valence-corrected chi connectivity index (χ3v) is 2.01. The minimum Gasteiger partial charge on any atom is -0.481 e. The molecule has 0 aromatic carbocycles. The summed E-state index contributed by atoms with van der Waals surface area (Å²) >= 11 is 0.793. The highest BCUT2D eigenvalue weighted by molar-refractivity contribution is 7.09. The number of nitrogens with one attached hydrogen (secondary N) is 2. The second kappa shape index (κ2) is 5.69. The molecular weight excluding hydrogens is 254 g/mol. The lowest BCUT2D eigenvalue weighted by molar-refractivity contribution is -0.145. The lowest BCUT2D eigenvalue weighted by Crippen LogP contribution is -2.44. The van der Waals surface area contributed by atoms with Gasteiger partial charge in [-0.15, -0.1) is 0 Å². The molecule has 2 amide bonds. The Hall–Kier alpha value is -2.30. The van der Waals surface area contributed by atoms with E-state index < -0.39 is 30.4 Å². The van der Waals surface area contributed by atoms with E-state index in [9.17, 15) is 14.4 Å². The van der Waals surface area contributed by atoms with Gasteiger partial charge in [-0.2, -0.15) is 0 Å². The van der Waals surface area contributed by atoms with Crippen LogP contribution in [-0.2, 0) is 9.59 Å². The second-order valence-corrected chi connectivity index (χ2v) is 3.49. The van der Waals surface area contributed by atoms with Crippen LogP contribution < -0.4 is 10.6 Å². The molecule has 0 saturated heterocycles. The topological polar surface area (TPSA) is 154 Å². The molecule has 1 atom stereocenters. The van der Waals surface area contributed by atoms with Crippen LogP contribution in [0.2, 0.25) is 0 Å². The average Bonchev–Trinajstić information content (AvgIpc) is 2.68. The molecule has 1 rings (SSSR count). The highest BCUT2D eigenvalue weighted by atomic mass is 32.1. The van der Waals surface area contributed by atoms with Gasteiger partial charge in [-0.3, -0.25) is 10.1 Å². The van der Waals surface area contributed by atoms with Crippen LogP contribution >= 0.6 is 11.5 Å². The van der Waals surface area contributed by atoms with Crippen LogP contribution in [0.4, 0.5) is 9.93 Å². The Labute approximate surface area is 97.8 Å². The average molecular weight is 261 g/mol. The quantitative estimate of drug-likeness (QED) is 0.525. The first-order valence-electron chi connectivity index (χ1n) is 4.16. The van der Waals surface area contributed by atoms with Gasteiger partial charge in [0.05, 0.1) is 6.42 Å². The number of carbonyl (C=O) groups is 3. The number of nitrogens with zero attached hydrogens (tertiary/aromatic N) is 3. The van der Waals surface area contributed by atoms with E-state index in [0.717, 1.165) is 11.5 Å². The SMILES string of the molecule is O=C(O)CC(NC(=O)Nc1nnns1)C(=O)O. The monoisotopic (exact) mass is 261 g/mol. The molecule has 0 fully saturated rings. The molecular formula is C6H7N5O5S. The van der Waals surface area contributed by atoms with E-state index in [1.807, 2.05) is 5.32 Å². The van der Waals surface area contributed by atoms with Gasteiger partial charge in [0.2, 0.25) is 5.13 Å². The third-order valence-electron chi connectivity index (χ3n) is 1.50. The summed E-state index contributed by atoms with van der Waals surface area (Å²) in [6.45, 7) is 0. The Morgan fingerprint density at radius 3 is 2.53 bits per heavy atom. The van der Waals surface area contributed by atoms with E-state index in [1.54, 1.807) is 0 Å². The predicted octanol–water partition coefficient (Wildman–Crippen LogP) is -1.02. The fraction of sp³-hybridized carbons (Fsp3) is 0.333. The zero-order valence-corrected chi connectivity index (χ0v) is 8.97. The van der Waals surface area contributed by atoms with Crippen molar-refractivity contribution in [2.45, 2.75) is 12.5 Å². The van der Waals surface area contributed by atoms with Crippen molar-refractivity contribution in [3.05, 3.63) is 0 Å². The van der Waals surface area contributed by atoms with Gasteiger partial charge in [0.15, 0.2) is 0 Å². The zero-order chi connectivity index (χ0) is 12.8. The summed E-state index contributed by atoms with van der Waals surface area (Å²) in [5.41, 5.74) is 0. The molecule has 92 valence electrons. The second-order valence-electron chi connectivity index (χ2n) is 2.75. The normalized spacial score (nSPS) is 11.5. The van der Waals surface area contributed by atoms with Crippen molar-refractivity contribution in [2.75, 3.05) is 5.32 Å². The molecule has 0 bridgehead atoms. The van der Waals surface area contributed by atoms with Gasteiger partial charge in [0.25, 0.3) is 0 Å². The lowest BCUT2D eigenvalue weighted by Gasteiger charge is -2.11. The van der Waals surface area contributed by atoms with Crippen molar-refractivity contribution in [3.63, 3.8) is 0 Å². The van der Waals surface area contributed by atoms with E-state index in [2.05, 4.69) is 20.1 Å². The number of urea groups is 1. The summed E-state index contributed by atoms with van der Waals surface area (Å²) in [6, 6.07) is -2.41. The van der Waals surface area contributed by atoms with Crippen LogP contribution in [0.1, 0.15) is 6.42 Å². The van der Waals surface area contributed by atoms with Crippen molar-refractivity contribution in [1.82, 2.24) is 20.1 Å². The maximum absolute atomic E-state index is 11.2. The van der Waals surface area contributed by atoms with Crippen molar-refractivity contribution < 1.29 is 24.6 Å². The van der Waals surface area contributed by atoms with Gasteiger partial charge in [0.1, 0.15) is 6.04 Å². The fourth-order valence-corrected chi connectivity index (χ4v) is 1.21. The molecule has 1 unspecified atom stereocenters. The smallest absolute Gasteiger partial charge is 0.326 e. The molecule has 10 nitrogen and oxygen atoms in total. The van der Waals surface area contributed by atoms with Crippen LogP contribution in [-0.4, -0.2) is 49.0 Å². The Kier molecular flexibility index (Phi) is 4.28. The maximum atomic E-state index is 11.2. The van der Waals surface area contributed by atoms with Crippen molar-refractivity contribution in [2.24, 2.45) is 0 Å². The Bertz CT molecular complexity index is 420. The molecule has 17 heavy (non-hydrogen) atoms. The van der Waals surface area contributed by atoms with E-state index in [-0.39, 0.29) is 5.13 Å². The summed E-state index contributed by atoms with van der Waals surface area (Å²) in [4.78, 5) is 32.2. The summed E-state index contributed by atoms with van der Waals surface area (Å²) in [6.07, 6.45) is -0.725. The van der Waals surface area contributed by atoms with Crippen molar-refractivity contribution in [3.8, 4) is 0 Å². The largest absolute Gasteiger partial charge is 0.481 e. The Morgan fingerprint density at radius 1 is 1.35 bits per heavy atom. The first-order chi connectivity index (χ1) is 7.99. The zero-order valence-electron chi connectivity index (χ0n) is 8.15. The molecule has 1 heterocycles. The standard InChI is InChI=1S/C6H7N5O5S/c12-3(13)1-2(4(14)15)7-5(16)8-6-9-10-11-17-6/h2H,1H2,(H,12,13)(H,14,15)(H2,7,8,9,11,16). The number of carboxylic acids is 2. The number of amides is 2. The fourth-order valence-electron chi connectivity index (χ4n) is 0.848. The predicted molar refractivity (Wildman–Crippen MR) is 53.5 cm³/mol. The molecule has 1 aromatic heterocycles. The number of hydrogen-bond acceptors (Lipinski definition) is 7. The third kappa shape index (κ3) is 4.38. The molecule has 4 N–H and O–H groups in total. The van der Waals surface area contributed by atoms with Gasteiger partial charge < -0.3 is 15.5 Å². The minimum absolute atomic E-state index is 0.0713. The summed E-state index contributed by atoms with van der Waals surface area (Å²) in [5.74, 6) is -2.78. The van der Waals surface area contributed by atoms with E-state index in [0.29, 0.717) is 0 Å². The number of carbonyl (C=O) groups excluding carboxylic acids is 1. The molecule has 0 aliphatic heterocycles. The van der Waals surface area contributed by atoms with Crippen molar-refractivity contribution in [1.29, 1.82) is 0 Å².